The van der Waals surface area contributed by atoms with Gasteiger partial charge in [-0.15, -0.1) is 10.2 Å². The first-order valence-corrected chi connectivity index (χ1v) is 10.9. The van der Waals surface area contributed by atoms with Gasteiger partial charge >= 0.3 is 0 Å². The quantitative estimate of drug-likeness (QED) is 0.402. The summed E-state index contributed by atoms with van der Waals surface area (Å²) >= 11 is 1.57. The number of rotatable bonds is 6. The van der Waals surface area contributed by atoms with E-state index in [0.717, 1.165) is 28.0 Å². The van der Waals surface area contributed by atoms with Gasteiger partial charge in [-0.05, 0) is 37.3 Å². The van der Waals surface area contributed by atoms with Crippen LogP contribution in [-0.2, 0) is 6.42 Å². The van der Waals surface area contributed by atoms with Gasteiger partial charge in [0, 0.05) is 17.9 Å². The lowest BCUT2D eigenvalue weighted by molar-refractivity contribution is 0.535. The lowest BCUT2D eigenvalue weighted by atomic mass is 10.2. The first-order chi connectivity index (χ1) is 15.2. The number of aromatic amines is 1. The fourth-order valence-electron chi connectivity index (χ4n) is 3.46. The molecule has 0 fully saturated rings. The summed E-state index contributed by atoms with van der Waals surface area (Å²) in [4.78, 5) is 19.8. The fraction of sp³-hybridized carbons (Fsp3) is 0.130. The van der Waals surface area contributed by atoms with Crippen molar-refractivity contribution in [1.82, 2.24) is 24.7 Å². The second-order valence-electron chi connectivity index (χ2n) is 7.00. The molecule has 3 aromatic heterocycles. The van der Waals surface area contributed by atoms with E-state index in [9.17, 15) is 4.79 Å². The number of furan rings is 1. The smallest absolute Gasteiger partial charge is 0.258 e. The highest BCUT2D eigenvalue weighted by atomic mass is 32.2. The summed E-state index contributed by atoms with van der Waals surface area (Å²) in [5, 5.41) is 10.2. The average Bonchev–Trinajstić information content (AvgIpc) is 3.40. The van der Waals surface area contributed by atoms with E-state index in [1.165, 1.54) is 0 Å². The Bertz CT molecular complexity index is 1400. The summed E-state index contributed by atoms with van der Waals surface area (Å²) in [6.45, 7) is 1.91. The predicted octanol–water partition coefficient (Wildman–Crippen LogP) is 4.41. The Balaban J connectivity index is 1.43. The van der Waals surface area contributed by atoms with E-state index in [2.05, 4.69) is 20.2 Å². The number of aryl methyl sites for hydroxylation is 2. The number of para-hydroxylation sites is 2. The molecule has 5 rings (SSSR count). The molecule has 31 heavy (non-hydrogen) atoms. The molecular formula is C23H19N5O2S. The van der Waals surface area contributed by atoms with Crippen LogP contribution < -0.4 is 5.56 Å². The van der Waals surface area contributed by atoms with Crippen LogP contribution in [0, 0.1) is 6.92 Å². The highest BCUT2D eigenvalue weighted by Crippen LogP contribution is 2.30. The van der Waals surface area contributed by atoms with Crippen LogP contribution >= 0.6 is 11.8 Å². The Morgan fingerprint density at radius 2 is 1.84 bits per heavy atom. The summed E-state index contributed by atoms with van der Waals surface area (Å²) in [6.07, 6.45) is 2.26. The molecule has 0 bridgehead atoms. The van der Waals surface area contributed by atoms with Crippen LogP contribution in [0.3, 0.4) is 0 Å². The Kier molecular flexibility index (Phi) is 5.13. The molecule has 0 radical (unpaired) electrons. The number of thioether (sulfide) groups is 1. The van der Waals surface area contributed by atoms with Crippen LogP contribution in [0.4, 0.5) is 0 Å². The summed E-state index contributed by atoms with van der Waals surface area (Å²) < 4.78 is 7.50. The third kappa shape index (κ3) is 3.77. The third-order valence-electron chi connectivity index (χ3n) is 4.98. The van der Waals surface area contributed by atoms with Crippen molar-refractivity contribution >= 4 is 22.7 Å². The molecule has 0 spiro atoms. The van der Waals surface area contributed by atoms with Crippen molar-refractivity contribution in [3.63, 3.8) is 0 Å². The van der Waals surface area contributed by atoms with Gasteiger partial charge in [0.15, 0.2) is 11.0 Å². The van der Waals surface area contributed by atoms with Crippen molar-refractivity contribution < 1.29 is 4.42 Å². The van der Waals surface area contributed by atoms with Crippen LogP contribution in [0.25, 0.3) is 28.0 Å². The molecule has 154 valence electrons. The summed E-state index contributed by atoms with van der Waals surface area (Å²) in [7, 11) is 0. The van der Waals surface area contributed by atoms with E-state index < -0.39 is 0 Å². The Labute approximate surface area is 182 Å². The van der Waals surface area contributed by atoms with Crippen LogP contribution in [0.15, 0.2) is 81.3 Å². The molecular weight excluding hydrogens is 410 g/mol. The Morgan fingerprint density at radius 3 is 2.65 bits per heavy atom. The molecule has 8 heteroatoms. The van der Waals surface area contributed by atoms with Gasteiger partial charge < -0.3 is 9.40 Å². The van der Waals surface area contributed by atoms with Gasteiger partial charge in [-0.1, -0.05) is 42.1 Å². The Hall–Kier alpha value is -3.65. The van der Waals surface area contributed by atoms with Crippen LogP contribution in [0.1, 0.15) is 11.6 Å². The Morgan fingerprint density at radius 1 is 1.03 bits per heavy atom. The molecule has 0 aliphatic rings. The maximum absolute atomic E-state index is 12.3. The minimum Gasteiger partial charge on any atom is -0.469 e. The number of nitrogens with zero attached hydrogens (tertiary/aromatic N) is 4. The van der Waals surface area contributed by atoms with Crippen molar-refractivity contribution in [2.45, 2.75) is 18.5 Å². The zero-order chi connectivity index (χ0) is 21.2. The van der Waals surface area contributed by atoms with Gasteiger partial charge in [-0.3, -0.25) is 9.36 Å². The topological polar surface area (TPSA) is 89.6 Å². The first kappa shape index (κ1) is 19.3. The molecule has 0 saturated carbocycles. The summed E-state index contributed by atoms with van der Waals surface area (Å²) in [5.74, 6) is 2.88. The molecule has 0 unspecified atom stereocenters. The van der Waals surface area contributed by atoms with Crippen molar-refractivity contribution in [3.05, 3.63) is 88.9 Å². The normalized spacial score (nSPS) is 11.3. The number of H-pyrrole nitrogens is 1. The number of benzene rings is 2. The van der Waals surface area contributed by atoms with E-state index in [1.807, 2.05) is 66.1 Å². The second-order valence-corrected chi connectivity index (χ2v) is 8.06. The molecule has 0 aliphatic heterocycles. The van der Waals surface area contributed by atoms with E-state index in [-0.39, 0.29) is 5.56 Å². The first-order valence-electron chi connectivity index (χ1n) is 9.87. The van der Waals surface area contributed by atoms with Crippen molar-refractivity contribution in [3.8, 4) is 17.1 Å². The van der Waals surface area contributed by atoms with Gasteiger partial charge in [0.2, 0.25) is 0 Å². The van der Waals surface area contributed by atoms with Crippen molar-refractivity contribution in [1.29, 1.82) is 0 Å². The number of nitrogens with one attached hydrogen (secondary N) is 1. The lowest BCUT2D eigenvalue weighted by Crippen LogP contribution is -2.12. The molecule has 1 N–H and O–H groups in total. The average molecular weight is 430 g/mol. The number of aromatic nitrogens is 5. The SMILES string of the molecule is Cc1occc1-c1nnc(SCCc2nc3ccccc3c(=O)[nH]2)n1-c1ccccc1. The number of fused-ring (bicyclic) bond motifs is 1. The van der Waals surface area contributed by atoms with Gasteiger partial charge in [-0.25, -0.2) is 4.98 Å². The van der Waals surface area contributed by atoms with Gasteiger partial charge in [-0.2, -0.15) is 0 Å². The van der Waals surface area contributed by atoms with E-state index >= 15 is 0 Å². The number of hydrogen-bond donors (Lipinski definition) is 1. The van der Waals surface area contributed by atoms with E-state index in [0.29, 0.717) is 28.9 Å². The van der Waals surface area contributed by atoms with Crippen LogP contribution in [0.5, 0.6) is 0 Å². The van der Waals surface area contributed by atoms with Gasteiger partial charge in [0.25, 0.3) is 5.56 Å². The maximum atomic E-state index is 12.3. The highest BCUT2D eigenvalue weighted by Gasteiger charge is 2.19. The summed E-state index contributed by atoms with van der Waals surface area (Å²) in [6, 6.07) is 19.2. The zero-order valence-electron chi connectivity index (χ0n) is 16.8. The predicted molar refractivity (Wildman–Crippen MR) is 121 cm³/mol. The van der Waals surface area contributed by atoms with E-state index in [4.69, 9.17) is 4.42 Å². The lowest BCUT2D eigenvalue weighted by Gasteiger charge is -2.10. The minimum atomic E-state index is -0.115. The maximum Gasteiger partial charge on any atom is 0.258 e. The van der Waals surface area contributed by atoms with Crippen molar-refractivity contribution in [2.24, 2.45) is 0 Å². The molecule has 0 saturated heterocycles. The minimum absolute atomic E-state index is 0.115. The molecule has 2 aromatic carbocycles. The fourth-order valence-corrected chi connectivity index (χ4v) is 4.35. The monoisotopic (exact) mass is 429 g/mol. The highest BCUT2D eigenvalue weighted by molar-refractivity contribution is 7.99. The summed E-state index contributed by atoms with van der Waals surface area (Å²) in [5.41, 5.74) is 2.47. The largest absolute Gasteiger partial charge is 0.469 e. The second kappa shape index (κ2) is 8.23. The number of hydrogen-bond acceptors (Lipinski definition) is 6. The third-order valence-corrected chi connectivity index (χ3v) is 5.91. The molecule has 3 heterocycles. The molecule has 0 amide bonds. The standard InChI is InChI=1S/C23H19N5O2S/c1-15-17(11-13-30-15)21-26-27-23(28(21)16-7-3-2-4-8-16)31-14-12-20-24-19-10-6-5-9-18(19)22(29)25-20/h2-11,13H,12,14H2,1H3,(H,24,25,29). The van der Waals surface area contributed by atoms with Crippen LogP contribution in [-0.4, -0.2) is 30.5 Å². The van der Waals surface area contributed by atoms with E-state index in [1.54, 1.807) is 24.1 Å². The molecule has 0 aliphatic carbocycles. The van der Waals surface area contributed by atoms with Crippen LogP contribution in [0.2, 0.25) is 0 Å². The zero-order valence-corrected chi connectivity index (χ0v) is 17.6. The molecule has 5 aromatic rings. The van der Waals surface area contributed by atoms with Gasteiger partial charge in [0.05, 0.1) is 22.7 Å². The molecule has 0 atom stereocenters. The van der Waals surface area contributed by atoms with Gasteiger partial charge in [0.1, 0.15) is 11.6 Å². The van der Waals surface area contributed by atoms with Crippen molar-refractivity contribution in [2.75, 3.05) is 5.75 Å². The molecule has 7 nitrogen and oxygen atoms in total.